The number of ether oxygens (including phenoxy) is 2. The third-order valence-electron chi connectivity index (χ3n) is 4.76. The van der Waals surface area contributed by atoms with Crippen LogP contribution in [0.3, 0.4) is 0 Å². The number of nitrogens with one attached hydrogen (secondary N) is 1. The van der Waals surface area contributed by atoms with Crippen molar-refractivity contribution >= 4 is 22.9 Å². The minimum atomic E-state index is -0.428. The molecule has 0 fully saturated rings. The topological polar surface area (TPSA) is 98.4 Å². The van der Waals surface area contributed by atoms with Crippen LogP contribution in [0.5, 0.6) is 11.5 Å². The Morgan fingerprint density at radius 2 is 1.65 bits per heavy atom. The molecule has 0 atom stereocenters. The Morgan fingerprint density at radius 3 is 2.29 bits per heavy atom. The van der Waals surface area contributed by atoms with Gasteiger partial charge in [-0.2, -0.15) is 5.10 Å². The van der Waals surface area contributed by atoms with Crippen LogP contribution in [0.15, 0.2) is 76.8 Å². The van der Waals surface area contributed by atoms with Gasteiger partial charge in [-0.25, -0.2) is 4.99 Å². The summed E-state index contributed by atoms with van der Waals surface area (Å²) in [5.41, 5.74) is 6.70. The molecule has 3 aromatic rings. The zero-order chi connectivity index (χ0) is 21.8. The number of amidine groups is 1. The van der Waals surface area contributed by atoms with E-state index in [0.717, 1.165) is 22.4 Å². The molecule has 0 spiro atoms. The lowest BCUT2D eigenvalue weighted by Crippen LogP contribution is -2.19. The van der Waals surface area contributed by atoms with Gasteiger partial charge in [0.25, 0.3) is 5.69 Å². The largest absolute Gasteiger partial charge is 0.497 e. The summed E-state index contributed by atoms with van der Waals surface area (Å²) in [5.74, 6) is 2.01. The first-order valence-corrected chi connectivity index (χ1v) is 9.68. The molecule has 1 aliphatic heterocycles. The minimum absolute atomic E-state index is 0.0180. The van der Waals surface area contributed by atoms with Crippen molar-refractivity contribution in [3.05, 3.63) is 93.5 Å². The van der Waals surface area contributed by atoms with Crippen LogP contribution < -0.4 is 14.9 Å². The number of rotatable bonds is 6. The van der Waals surface area contributed by atoms with Gasteiger partial charge in [0, 0.05) is 28.8 Å². The molecule has 0 saturated carbocycles. The SMILES string of the molecule is CCOc1ccc2c(c1)C(c1ccc([N+](=O)[O-])cc1)=NNC(c1ccc(OC)cc1)=N2. The van der Waals surface area contributed by atoms with Gasteiger partial charge in [0.1, 0.15) is 17.2 Å². The zero-order valence-corrected chi connectivity index (χ0v) is 17.0. The van der Waals surface area contributed by atoms with Crippen LogP contribution in [0.2, 0.25) is 0 Å². The second-order valence-corrected chi connectivity index (χ2v) is 6.68. The lowest BCUT2D eigenvalue weighted by Gasteiger charge is -2.10. The van der Waals surface area contributed by atoms with Gasteiger partial charge in [0.05, 0.1) is 24.3 Å². The van der Waals surface area contributed by atoms with Gasteiger partial charge in [-0.15, -0.1) is 0 Å². The van der Waals surface area contributed by atoms with E-state index in [9.17, 15) is 10.1 Å². The van der Waals surface area contributed by atoms with E-state index in [2.05, 4.69) is 10.5 Å². The quantitative estimate of drug-likeness (QED) is 0.473. The van der Waals surface area contributed by atoms with Crippen molar-refractivity contribution in [3.8, 4) is 11.5 Å². The normalized spacial score (nSPS) is 12.6. The molecule has 1 aliphatic rings. The molecule has 8 nitrogen and oxygen atoms in total. The number of nitrogens with zero attached hydrogens (tertiary/aromatic N) is 3. The summed E-state index contributed by atoms with van der Waals surface area (Å²) in [6.07, 6.45) is 0. The Labute approximate surface area is 179 Å². The Balaban J connectivity index is 1.80. The molecule has 31 heavy (non-hydrogen) atoms. The van der Waals surface area contributed by atoms with E-state index in [0.29, 0.717) is 29.6 Å². The van der Waals surface area contributed by atoms with Crippen LogP contribution in [0, 0.1) is 10.1 Å². The fraction of sp³-hybridized carbons (Fsp3) is 0.130. The van der Waals surface area contributed by atoms with Crippen molar-refractivity contribution in [2.24, 2.45) is 10.1 Å². The smallest absolute Gasteiger partial charge is 0.269 e. The molecule has 0 unspecified atom stereocenters. The molecule has 3 aromatic carbocycles. The van der Waals surface area contributed by atoms with Crippen LogP contribution in [0.4, 0.5) is 11.4 Å². The Hall–Kier alpha value is -4.20. The Kier molecular flexibility index (Phi) is 5.61. The number of hydrogen-bond acceptors (Lipinski definition) is 7. The van der Waals surface area contributed by atoms with Crippen LogP contribution in [-0.4, -0.2) is 30.2 Å². The Bertz CT molecular complexity index is 1170. The van der Waals surface area contributed by atoms with Crippen molar-refractivity contribution in [3.63, 3.8) is 0 Å². The summed E-state index contributed by atoms with van der Waals surface area (Å²) in [5, 5.41) is 15.6. The third-order valence-corrected chi connectivity index (χ3v) is 4.76. The number of nitro groups is 1. The highest BCUT2D eigenvalue weighted by atomic mass is 16.6. The number of hydrazone groups is 1. The highest BCUT2D eigenvalue weighted by Crippen LogP contribution is 2.30. The van der Waals surface area contributed by atoms with E-state index in [1.165, 1.54) is 12.1 Å². The maximum absolute atomic E-state index is 11.0. The van der Waals surface area contributed by atoms with E-state index >= 15 is 0 Å². The van der Waals surface area contributed by atoms with Gasteiger partial charge in [-0.1, -0.05) is 0 Å². The van der Waals surface area contributed by atoms with Gasteiger partial charge in [0.2, 0.25) is 0 Å². The first kappa shape index (κ1) is 20.1. The van der Waals surface area contributed by atoms with E-state index in [4.69, 9.17) is 14.5 Å². The number of non-ortho nitro benzene ring substituents is 1. The van der Waals surface area contributed by atoms with Gasteiger partial charge >= 0.3 is 0 Å². The molecule has 0 bridgehead atoms. The molecular weight excluding hydrogens is 396 g/mol. The first-order chi connectivity index (χ1) is 15.1. The summed E-state index contributed by atoms with van der Waals surface area (Å²) in [6, 6.07) is 19.4. The van der Waals surface area contributed by atoms with E-state index in [1.54, 1.807) is 19.2 Å². The molecule has 0 aromatic heterocycles. The van der Waals surface area contributed by atoms with Gasteiger partial charge in [0.15, 0.2) is 5.84 Å². The molecule has 1 N–H and O–H groups in total. The molecule has 8 heteroatoms. The van der Waals surface area contributed by atoms with Crippen molar-refractivity contribution in [1.82, 2.24) is 5.43 Å². The van der Waals surface area contributed by atoms with Crippen LogP contribution in [0.25, 0.3) is 0 Å². The molecular formula is C23H20N4O4. The predicted molar refractivity (Wildman–Crippen MR) is 119 cm³/mol. The Morgan fingerprint density at radius 1 is 0.968 bits per heavy atom. The monoisotopic (exact) mass is 416 g/mol. The van der Waals surface area contributed by atoms with Crippen molar-refractivity contribution in [1.29, 1.82) is 0 Å². The molecule has 0 radical (unpaired) electrons. The van der Waals surface area contributed by atoms with Gasteiger partial charge < -0.3 is 9.47 Å². The summed E-state index contributed by atoms with van der Waals surface area (Å²) in [4.78, 5) is 15.4. The number of hydrogen-bond donors (Lipinski definition) is 1. The standard InChI is InChI=1S/C23H20N4O4/c1-3-31-19-12-13-21-20(14-19)22(15-4-8-17(9-5-15)27(28)29)25-26-23(24-21)16-6-10-18(30-2)11-7-16/h4-14H,3H2,1-2H3,(H,24,26). The van der Waals surface area contributed by atoms with Gasteiger partial charge in [-0.05, 0) is 61.5 Å². The molecule has 156 valence electrons. The molecule has 0 aliphatic carbocycles. The van der Waals surface area contributed by atoms with E-state index in [-0.39, 0.29) is 5.69 Å². The highest BCUT2D eigenvalue weighted by Gasteiger charge is 2.19. The lowest BCUT2D eigenvalue weighted by molar-refractivity contribution is -0.384. The average molecular weight is 416 g/mol. The van der Waals surface area contributed by atoms with Crippen molar-refractivity contribution in [2.45, 2.75) is 6.92 Å². The molecule has 4 rings (SSSR count). The van der Waals surface area contributed by atoms with E-state index < -0.39 is 4.92 Å². The maximum Gasteiger partial charge on any atom is 0.269 e. The zero-order valence-electron chi connectivity index (χ0n) is 17.0. The average Bonchev–Trinajstić information content (AvgIpc) is 2.99. The van der Waals surface area contributed by atoms with Crippen LogP contribution in [-0.2, 0) is 0 Å². The number of benzene rings is 3. The second kappa shape index (κ2) is 8.66. The predicted octanol–water partition coefficient (Wildman–Crippen LogP) is 4.44. The third kappa shape index (κ3) is 4.23. The summed E-state index contributed by atoms with van der Waals surface area (Å²) in [6.45, 7) is 2.44. The fourth-order valence-electron chi connectivity index (χ4n) is 3.21. The first-order valence-electron chi connectivity index (χ1n) is 9.68. The van der Waals surface area contributed by atoms with Crippen molar-refractivity contribution in [2.75, 3.05) is 13.7 Å². The highest BCUT2D eigenvalue weighted by molar-refractivity contribution is 6.18. The van der Waals surface area contributed by atoms with Gasteiger partial charge in [-0.3, -0.25) is 15.5 Å². The number of methoxy groups -OCH3 is 1. The lowest BCUT2D eigenvalue weighted by atomic mass is 10.00. The van der Waals surface area contributed by atoms with Crippen molar-refractivity contribution < 1.29 is 14.4 Å². The van der Waals surface area contributed by atoms with Crippen LogP contribution >= 0.6 is 0 Å². The minimum Gasteiger partial charge on any atom is -0.497 e. The number of aliphatic imine (C=N–C) groups is 1. The number of nitro benzene ring substituents is 1. The fourth-order valence-corrected chi connectivity index (χ4v) is 3.21. The summed E-state index contributed by atoms with van der Waals surface area (Å²) < 4.78 is 10.9. The molecule has 1 heterocycles. The molecule has 0 amide bonds. The number of fused-ring (bicyclic) bond motifs is 1. The summed E-state index contributed by atoms with van der Waals surface area (Å²) >= 11 is 0. The second-order valence-electron chi connectivity index (χ2n) is 6.68. The van der Waals surface area contributed by atoms with E-state index in [1.807, 2.05) is 49.4 Å². The van der Waals surface area contributed by atoms with Crippen LogP contribution in [0.1, 0.15) is 23.6 Å². The molecule has 0 saturated heterocycles. The maximum atomic E-state index is 11.0. The summed E-state index contributed by atoms with van der Waals surface area (Å²) in [7, 11) is 1.61.